The van der Waals surface area contributed by atoms with Gasteiger partial charge in [0.05, 0.1) is 24.8 Å². The zero-order valence-corrected chi connectivity index (χ0v) is 14.5. The molecule has 1 N–H and O–H groups in total. The van der Waals surface area contributed by atoms with Gasteiger partial charge < -0.3 is 9.47 Å². The molecule has 0 bridgehead atoms. The highest BCUT2D eigenvalue weighted by atomic mass is 32.1. The van der Waals surface area contributed by atoms with Crippen molar-refractivity contribution in [3.63, 3.8) is 0 Å². The van der Waals surface area contributed by atoms with Crippen LogP contribution in [0.15, 0.2) is 35.4 Å². The lowest BCUT2D eigenvalue weighted by Gasteiger charge is -2.08. The van der Waals surface area contributed by atoms with Crippen LogP contribution in [-0.2, 0) is 6.42 Å². The van der Waals surface area contributed by atoms with Gasteiger partial charge in [-0.15, -0.1) is 11.3 Å². The molecule has 0 aliphatic rings. The first-order valence-electron chi connectivity index (χ1n) is 7.24. The normalized spacial score (nSPS) is 11.2. The summed E-state index contributed by atoms with van der Waals surface area (Å²) in [5.41, 5.74) is 3.81. The Morgan fingerprint density at radius 2 is 1.91 bits per heavy atom. The zero-order valence-electron chi connectivity index (χ0n) is 13.7. The van der Waals surface area contributed by atoms with Crippen LogP contribution in [0.25, 0.3) is 0 Å². The van der Waals surface area contributed by atoms with Crippen molar-refractivity contribution in [2.24, 2.45) is 5.10 Å². The van der Waals surface area contributed by atoms with Gasteiger partial charge in [0.2, 0.25) is 0 Å². The summed E-state index contributed by atoms with van der Waals surface area (Å²) in [5.74, 6) is 0.790. The standard InChI is InChI=1S/C17H20N2O3S/c1-5-13-7-9-16(23-13)11(2)18-19-17(20)12-6-8-14(21-3)15(10-12)22-4/h6-10H,5H2,1-4H3,(H,19,20)/b18-11+. The smallest absolute Gasteiger partial charge is 0.271 e. The molecule has 0 saturated heterocycles. The second-order valence-electron chi connectivity index (χ2n) is 4.83. The molecule has 1 amide bonds. The van der Waals surface area contributed by atoms with Crippen molar-refractivity contribution in [1.29, 1.82) is 0 Å². The summed E-state index contributed by atoms with van der Waals surface area (Å²) in [6.45, 7) is 3.99. The highest BCUT2D eigenvalue weighted by Gasteiger charge is 2.10. The summed E-state index contributed by atoms with van der Waals surface area (Å²) >= 11 is 1.68. The molecule has 0 unspecified atom stereocenters. The van der Waals surface area contributed by atoms with E-state index in [9.17, 15) is 4.79 Å². The van der Waals surface area contributed by atoms with E-state index in [4.69, 9.17) is 9.47 Å². The SMILES string of the molecule is CCc1ccc(/C(C)=N/NC(=O)c2ccc(OC)c(OC)c2)s1. The number of hydrogen-bond acceptors (Lipinski definition) is 5. The maximum absolute atomic E-state index is 12.2. The van der Waals surface area contributed by atoms with Gasteiger partial charge in [-0.1, -0.05) is 6.92 Å². The lowest BCUT2D eigenvalue weighted by atomic mass is 10.2. The molecule has 1 heterocycles. The molecule has 6 heteroatoms. The van der Waals surface area contributed by atoms with E-state index >= 15 is 0 Å². The molecule has 0 radical (unpaired) electrons. The first-order chi connectivity index (χ1) is 11.1. The molecule has 0 spiro atoms. The Morgan fingerprint density at radius 1 is 1.17 bits per heavy atom. The fourth-order valence-electron chi connectivity index (χ4n) is 1.99. The van der Waals surface area contributed by atoms with Crippen molar-refractivity contribution in [2.75, 3.05) is 14.2 Å². The van der Waals surface area contributed by atoms with Gasteiger partial charge in [0.15, 0.2) is 11.5 Å². The Morgan fingerprint density at radius 3 is 2.52 bits per heavy atom. The average Bonchev–Trinajstić information content (AvgIpc) is 3.07. The summed E-state index contributed by atoms with van der Waals surface area (Å²) in [6, 6.07) is 9.08. The van der Waals surface area contributed by atoms with Crippen LogP contribution in [0.4, 0.5) is 0 Å². The summed E-state index contributed by atoms with van der Waals surface area (Å²) in [6.07, 6.45) is 0.996. The van der Waals surface area contributed by atoms with Crippen LogP contribution < -0.4 is 14.9 Å². The highest BCUT2D eigenvalue weighted by molar-refractivity contribution is 7.14. The summed E-state index contributed by atoms with van der Waals surface area (Å²) in [5, 5.41) is 4.17. The number of nitrogens with one attached hydrogen (secondary N) is 1. The number of amides is 1. The van der Waals surface area contributed by atoms with E-state index in [1.165, 1.54) is 12.0 Å². The third kappa shape index (κ3) is 4.10. The molecule has 0 saturated carbocycles. The van der Waals surface area contributed by atoms with Crippen LogP contribution in [0.5, 0.6) is 11.5 Å². The third-order valence-corrected chi connectivity index (χ3v) is 4.68. The number of thiophene rings is 1. The van der Waals surface area contributed by atoms with Crippen LogP contribution in [0.1, 0.15) is 34.0 Å². The minimum atomic E-state index is -0.294. The maximum atomic E-state index is 12.2. The van der Waals surface area contributed by atoms with E-state index in [0.29, 0.717) is 17.1 Å². The van der Waals surface area contributed by atoms with Gasteiger partial charge in [0.1, 0.15) is 0 Å². The van der Waals surface area contributed by atoms with E-state index in [-0.39, 0.29) is 5.91 Å². The molecule has 0 aliphatic carbocycles. The fraction of sp³-hybridized carbons (Fsp3) is 0.294. The molecular weight excluding hydrogens is 312 g/mol. The van der Waals surface area contributed by atoms with Crippen molar-refractivity contribution in [2.45, 2.75) is 20.3 Å². The number of ether oxygens (including phenoxy) is 2. The molecule has 23 heavy (non-hydrogen) atoms. The quantitative estimate of drug-likeness (QED) is 0.651. The Kier molecular flexibility index (Phi) is 5.76. The number of hydrazone groups is 1. The molecule has 5 nitrogen and oxygen atoms in total. The van der Waals surface area contributed by atoms with Crippen molar-refractivity contribution in [1.82, 2.24) is 5.43 Å². The second-order valence-corrected chi connectivity index (χ2v) is 6.00. The monoisotopic (exact) mass is 332 g/mol. The number of rotatable bonds is 6. The van der Waals surface area contributed by atoms with E-state index in [1.807, 2.05) is 13.0 Å². The minimum Gasteiger partial charge on any atom is -0.493 e. The molecule has 1 aromatic heterocycles. The molecule has 0 atom stereocenters. The van der Waals surface area contributed by atoms with Crippen molar-refractivity contribution in [3.05, 3.63) is 45.6 Å². The first kappa shape index (κ1) is 17.0. The predicted molar refractivity (Wildman–Crippen MR) is 92.9 cm³/mol. The number of aryl methyl sites for hydroxylation is 1. The average molecular weight is 332 g/mol. The number of nitrogens with zero attached hydrogens (tertiary/aromatic N) is 1. The summed E-state index contributed by atoms with van der Waals surface area (Å²) < 4.78 is 10.4. The van der Waals surface area contributed by atoms with Crippen molar-refractivity contribution >= 4 is 23.0 Å². The van der Waals surface area contributed by atoms with E-state index in [2.05, 4.69) is 23.5 Å². The third-order valence-electron chi connectivity index (χ3n) is 3.34. The van der Waals surface area contributed by atoms with Crippen LogP contribution in [0, 0.1) is 0 Å². The van der Waals surface area contributed by atoms with Gasteiger partial charge in [-0.3, -0.25) is 4.79 Å². The van der Waals surface area contributed by atoms with E-state index in [0.717, 1.165) is 17.0 Å². The Hall–Kier alpha value is -2.34. The number of carbonyl (C=O) groups is 1. The molecule has 0 fully saturated rings. The second kappa shape index (κ2) is 7.78. The summed E-state index contributed by atoms with van der Waals surface area (Å²) in [4.78, 5) is 14.5. The predicted octanol–water partition coefficient (Wildman–Crippen LogP) is 3.48. The van der Waals surface area contributed by atoms with Crippen molar-refractivity contribution in [3.8, 4) is 11.5 Å². The topological polar surface area (TPSA) is 59.9 Å². The van der Waals surface area contributed by atoms with Crippen LogP contribution in [-0.4, -0.2) is 25.8 Å². The number of carbonyl (C=O) groups excluding carboxylic acids is 1. The first-order valence-corrected chi connectivity index (χ1v) is 8.06. The molecule has 0 aliphatic heterocycles. The minimum absolute atomic E-state index is 0.294. The van der Waals surface area contributed by atoms with Crippen LogP contribution >= 0.6 is 11.3 Å². The van der Waals surface area contributed by atoms with Crippen LogP contribution in [0.2, 0.25) is 0 Å². The van der Waals surface area contributed by atoms with Gasteiger partial charge in [-0.05, 0) is 43.7 Å². The van der Waals surface area contributed by atoms with Gasteiger partial charge >= 0.3 is 0 Å². The largest absolute Gasteiger partial charge is 0.493 e. The number of methoxy groups -OCH3 is 2. The van der Waals surface area contributed by atoms with Crippen LogP contribution in [0.3, 0.4) is 0 Å². The lowest BCUT2D eigenvalue weighted by molar-refractivity contribution is 0.0954. The molecular formula is C17H20N2O3S. The molecule has 2 rings (SSSR count). The Balaban J connectivity index is 2.10. The number of benzene rings is 1. The molecule has 2 aromatic rings. The fourth-order valence-corrected chi connectivity index (χ4v) is 2.89. The van der Waals surface area contributed by atoms with Gasteiger partial charge in [0, 0.05) is 10.4 Å². The van der Waals surface area contributed by atoms with Gasteiger partial charge in [-0.25, -0.2) is 5.43 Å². The van der Waals surface area contributed by atoms with Gasteiger partial charge in [0.25, 0.3) is 5.91 Å². The van der Waals surface area contributed by atoms with Crippen molar-refractivity contribution < 1.29 is 14.3 Å². The summed E-state index contributed by atoms with van der Waals surface area (Å²) in [7, 11) is 3.08. The lowest BCUT2D eigenvalue weighted by Crippen LogP contribution is -2.19. The molecule has 1 aromatic carbocycles. The molecule has 122 valence electrons. The number of hydrogen-bond donors (Lipinski definition) is 1. The Labute approximate surface area is 139 Å². The van der Waals surface area contributed by atoms with E-state index in [1.54, 1.807) is 36.6 Å². The Bertz CT molecular complexity index is 722. The highest BCUT2D eigenvalue weighted by Crippen LogP contribution is 2.27. The maximum Gasteiger partial charge on any atom is 0.271 e. The zero-order chi connectivity index (χ0) is 16.8. The van der Waals surface area contributed by atoms with Gasteiger partial charge in [-0.2, -0.15) is 5.10 Å². The van der Waals surface area contributed by atoms with E-state index < -0.39 is 0 Å².